The molecule has 5 nitrogen and oxygen atoms in total. The highest BCUT2D eigenvalue weighted by Crippen LogP contribution is 2.35. The second-order valence-electron chi connectivity index (χ2n) is 10.0. The first kappa shape index (κ1) is 24.1. The number of benzene rings is 3. The summed E-state index contributed by atoms with van der Waals surface area (Å²) < 4.78 is 8.33. The van der Waals surface area contributed by atoms with Crippen molar-refractivity contribution in [2.45, 2.75) is 59.4 Å². The normalized spacial score (nSPS) is 15.7. The van der Waals surface area contributed by atoms with Crippen molar-refractivity contribution >= 4 is 22.6 Å². The highest BCUT2D eigenvalue weighted by atomic mass is 16.5. The molecule has 0 saturated carbocycles. The number of fused-ring (bicyclic) bond motifs is 1. The Hall–Kier alpha value is -3.60. The third-order valence-electron chi connectivity index (χ3n) is 7.56. The van der Waals surface area contributed by atoms with Crippen LogP contribution in [0.25, 0.3) is 11.0 Å². The molecule has 1 saturated heterocycles. The van der Waals surface area contributed by atoms with Gasteiger partial charge in [-0.05, 0) is 93.1 Å². The molecule has 0 radical (unpaired) electrons. The van der Waals surface area contributed by atoms with Crippen molar-refractivity contribution in [2.24, 2.45) is 0 Å². The van der Waals surface area contributed by atoms with Gasteiger partial charge in [0, 0.05) is 31.1 Å². The van der Waals surface area contributed by atoms with Crippen LogP contribution in [0.3, 0.4) is 0 Å². The number of hydrogen-bond acceptors (Lipinski definition) is 3. The van der Waals surface area contributed by atoms with E-state index in [9.17, 15) is 4.79 Å². The lowest BCUT2D eigenvalue weighted by atomic mass is 10.1. The summed E-state index contributed by atoms with van der Waals surface area (Å²) in [6.45, 7) is 10.6. The Kier molecular flexibility index (Phi) is 6.82. The minimum absolute atomic E-state index is 0.0802. The summed E-state index contributed by atoms with van der Waals surface area (Å²) in [6, 6.07) is 20.7. The van der Waals surface area contributed by atoms with Gasteiger partial charge in [0.25, 0.3) is 0 Å². The number of carbonyl (C=O) groups is 1. The number of para-hydroxylation sites is 2. The first-order valence-electron chi connectivity index (χ1n) is 12.9. The highest BCUT2D eigenvalue weighted by Gasteiger charge is 2.35. The fourth-order valence-corrected chi connectivity index (χ4v) is 5.15. The Bertz CT molecular complexity index is 1400. The number of amides is 1. The molecule has 36 heavy (non-hydrogen) atoms. The zero-order valence-electron chi connectivity index (χ0n) is 21.8. The van der Waals surface area contributed by atoms with Crippen molar-refractivity contribution in [2.75, 3.05) is 18.1 Å². The van der Waals surface area contributed by atoms with E-state index in [0.29, 0.717) is 19.6 Å². The van der Waals surface area contributed by atoms with Gasteiger partial charge in [-0.15, -0.1) is 0 Å². The molecule has 1 aliphatic rings. The molecule has 1 aromatic heterocycles. The third-order valence-corrected chi connectivity index (χ3v) is 7.56. The van der Waals surface area contributed by atoms with Crippen LogP contribution in [-0.4, -0.2) is 28.6 Å². The minimum Gasteiger partial charge on any atom is -0.494 e. The molecule has 0 spiro atoms. The van der Waals surface area contributed by atoms with Crippen LogP contribution in [0, 0.1) is 27.7 Å². The largest absolute Gasteiger partial charge is 0.494 e. The predicted molar refractivity (Wildman–Crippen MR) is 146 cm³/mol. The predicted octanol–water partition coefficient (Wildman–Crippen LogP) is 6.65. The van der Waals surface area contributed by atoms with Crippen molar-refractivity contribution < 1.29 is 9.53 Å². The van der Waals surface area contributed by atoms with Crippen molar-refractivity contribution in [3.8, 4) is 5.75 Å². The van der Waals surface area contributed by atoms with Gasteiger partial charge in [-0.3, -0.25) is 4.79 Å². The number of imidazole rings is 1. The molecule has 4 aromatic rings. The second-order valence-corrected chi connectivity index (χ2v) is 10.0. The Morgan fingerprint density at radius 2 is 1.75 bits per heavy atom. The van der Waals surface area contributed by atoms with Gasteiger partial charge < -0.3 is 14.2 Å². The first-order chi connectivity index (χ1) is 17.4. The summed E-state index contributed by atoms with van der Waals surface area (Å²) in [7, 11) is 0. The van der Waals surface area contributed by atoms with E-state index >= 15 is 0 Å². The zero-order valence-corrected chi connectivity index (χ0v) is 21.8. The van der Waals surface area contributed by atoms with E-state index in [1.165, 1.54) is 22.3 Å². The summed E-state index contributed by atoms with van der Waals surface area (Å²) in [5, 5.41) is 0. The second kappa shape index (κ2) is 10.2. The molecule has 0 aliphatic carbocycles. The number of ether oxygens (including phenoxy) is 1. The lowest BCUT2D eigenvalue weighted by Gasteiger charge is -2.20. The molecule has 1 fully saturated rings. The average Bonchev–Trinajstić information content (AvgIpc) is 3.43. The van der Waals surface area contributed by atoms with Crippen LogP contribution in [0.2, 0.25) is 0 Å². The minimum atomic E-state index is 0.0802. The fraction of sp³-hybridized carbons (Fsp3) is 0.355. The molecule has 3 aromatic carbocycles. The van der Waals surface area contributed by atoms with Crippen molar-refractivity contribution in [1.29, 1.82) is 0 Å². The quantitative estimate of drug-likeness (QED) is 0.265. The molecular formula is C31H35N3O2. The Morgan fingerprint density at radius 1 is 0.917 bits per heavy atom. The summed E-state index contributed by atoms with van der Waals surface area (Å²) in [4.78, 5) is 20.1. The van der Waals surface area contributed by atoms with Gasteiger partial charge in [0.2, 0.25) is 5.91 Å². The van der Waals surface area contributed by atoms with Gasteiger partial charge in [-0.1, -0.05) is 30.3 Å². The smallest absolute Gasteiger partial charge is 0.227 e. The number of aromatic nitrogens is 2. The number of nitrogens with zero attached hydrogens (tertiary/aromatic N) is 3. The van der Waals surface area contributed by atoms with Gasteiger partial charge in [-0.2, -0.15) is 0 Å². The Balaban J connectivity index is 1.30. The first-order valence-corrected chi connectivity index (χ1v) is 12.9. The van der Waals surface area contributed by atoms with Crippen LogP contribution >= 0.6 is 0 Å². The number of unbranched alkanes of at least 4 members (excludes halogenated alkanes) is 1. The van der Waals surface area contributed by atoms with E-state index < -0.39 is 0 Å². The van der Waals surface area contributed by atoms with Crippen LogP contribution < -0.4 is 9.64 Å². The third kappa shape index (κ3) is 4.75. The lowest BCUT2D eigenvalue weighted by Crippen LogP contribution is -2.25. The van der Waals surface area contributed by atoms with E-state index in [-0.39, 0.29) is 11.8 Å². The standard InChI is InChI=1S/C31H35N3O2/c1-21-14-15-26(18-23(21)3)36-17-8-7-16-33-29-12-6-5-11-27(29)32-31(33)25-19-30(35)34(20-25)28-13-9-10-22(2)24(28)4/h5-6,9-15,18,25H,7-8,16-17,19-20H2,1-4H3. The molecule has 1 aliphatic heterocycles. The van der Waals surface area contributed by atoms with Gasteiger partial charge in [-0.25, -0.2) is 4.98 Å². The van der Waals surface area contributed by atoms with E-state index in [1.54, 1.807) is 0 Å². The summed E-state index contributed by atoms with van der Waals surface area (Å²) in [5.41, 5.74) is 8.07. The van der Waals surface area contributed by atoms with Crippen LogP contribution in [0.15, 0.2) is 60.7 Å². The van der Waals surface area contributed by atoms with E-state index in [1.807, 2.05) is 23.1 Å². The fourth-order valence-electron chi connectivity index (χ4n) is 5.15. The molecule has 1 unspecified atom stereocenters. The van der Waals surface area contributed by atoms with Gasteiger partial charge >= 0.3 is 0 Å². The maximum atomic E-state index is 13.1. The molecule has 1 atom stereocenters. The maximum absolute atomic E-state index is 13.1. The zero-order chi connectivity index (χ0) is 25.2. The number of rotatable bonds is 8. The van der Waals surface area contributed by atoms with Crippen LogP contribution in [0.4, 0.5) is 5.69 Å². The van der Waals surface area contributed by atoms with E-state index in [4.69, 9.17) is 9.72 Å². The molecule has 1 amide bonds. The Labute approximate surface area is 213 Å². The molecule has 5 rings (SSSR count). The number of carbonyl (C=O) groups excluding carboxylic acids is 1. The van der Waals surface area contributed by atoms with Crippen molar-refractivity contribution in [1.82, 2.24) is 9.55 Å². The van der Waals surface area contributed by atoms with Gasteiger partial charge in [0.15, 0.2) is 0 Å². The average molecular weight is 482 g/mol. The number of hydrogen-bond donors (Lipinski definition) is 0. The molecule has 2 heterocycles. The van der Waals surface area contributed by atoms with Gasteiger partial charge in [0.05, 0.1) is 17.6 Å². The SMILES string of the molecule is Cc1ccc(OCCCCn2c(C3CC(=O)N(c4cccc(C)c4C)C3)nc3ccccc32)cc1C. The number of anilines is 1. The van der Waals surface area contributed by atoms with Crippen LogP contribution in [-0.2, 0) is 11.3 Å². The lowest BCUT2D eigenvalue weighted by molar-refractivity contribution is -0.117. The molecular weight excluding hydrogens is 446 g/mol. The highest BCUT2D eigenvalue weighted by molar-refractivity contribution is 5.97. The molecule has 186 valence electrons. The van der Waals surface area contributed by atoms with E-state index in [2.05, 4.69) is 74.7 Å². The molecule has 0 N–H and O–H groups in total. The van der Waals surface area contributed by atoms with Crippen molar-refractivity contribution in [3.63, 3.8) is 0 Å². The summed E-state index contributed by atoms with van der Waals surface area (Å²) in [6.07, 6.45) is 2.43. The van der Waals surface area contributed by atoms with Crippen LogP contribution in [0.5, 0.6) is 5.75 Å². The van der Waals surface area contributed by atoms with Gasteiger partial charge in [0.1, 0.15) is 11.6 Å². The van der Waals surface area contributed by atoms with E-state index in [0.717, 1.165) is 47.7 Å². The number of aryl methyl sites for hydroxylation is 4. The molecule has 0 bridgehead atoms. The maximum Gasteiger partial charge on any atom is 0.227 e. The van der Waals surface area contributed by atoms with Crippen molar-refractivity contribution in [3.05, 3.63) is 88.7 Å². The topological polar surface area (TPSA) is 47.4 Å². The molecule has 5 heteroatoms. The summed E-state index contributed by atoms with van der Waals surface area (Å²) >= 11 is 0. The Morgan fingerprint density at radius 3 is 2.58 bits per heavy atom. The summed E-state index contributed by atoms with van der Waals surface area (Å²) in [5.74, 6) is 2.21. The monoisotopic (exact) mass is 481 g/mol. The van der Waals surface area contributed by atoms with Crippen LogP contribution in [0.1, 0.15) is 53.3 Å².